The number of carbonyl (C=O) groups is 1. The lowest BCUT2D eigenvalue weighted by molar-refractivity contribution is 0.0599. The maximum absolute atomic E-state index is 11.6. The van der Waals surface area contributed by atoms with Gasteiger partial charge in [0.25, 0.3) is 0 Å². The Balaban J connectivity index is 0.00000288. The molecule has 2 rings (SSSR count). The fourth-order valence-electron chi connectivity index (χ4n) is 2.09. The topological polar surface area (TPSA) is 75.9 Å². The van der Waals surface area contributed by atoms with E-state index in [0.29, 0.717) is 29.6 Å². The first kappa shape index (κ1) is 20.5. The van der Waals surface area contributed by atoms with E-state index >= 15 is 0 Å². The van der Waals surface area contributed by atoms with Crippen molar-refractivity contribution in [3.63, 3.8) is 0 Å². The Labute approximate surface area is 162 Å². The Hall–Kier alpha value is -1.55. The number of nitrogens with zero attached hydrogens (tertiary/aromatic N) is 1. The number of aliphatic imine (C=N–C) groups is 1. The summed E-state index contributed by atoms with van der Waals surface area (Å²) in [5.41, 5.74) is 0.449. The molecule has 2 heterocycles. The van der Waals surface area contributed by atoms with Crippen molar-refractivity contribution in [2.24, 2.45) is 4.99 Å². The van der Waals surface area contributed by atoms with Gasteiger partial charge in [-0.05, 0) is 30.9 Å². The van der Waals surface area contributed by atoms with Gasteiger partial charge in [-0.2, -0.15) is 0 Å². The van der Waals surface area contributed by atoms with Crippen LogP contribution in [0.2, 0.25) is 0 Å². The van der Waals surface area contributed by atoms with Crippen molar-refractivity contribution in [2.45, 2.75) is 19.9 Å². The summed E-state index contributed by atoms with van der Waals surface area (Å²) >= 11 is 1.74. The van der Waals surface area contributed by atoms with Gasteiger partial charge in [0.1, 0.15) is 17.1 Å². The van der Waals surface area contributed by atoms with Crippen LogP contribution in [-0.4, -0.2) is 32.6 Å². The first-order valence-electron chi connectivity index (χ1n) is 7.28. The SMILES string of the molecule is CN=C(NCCc1cccs1)NCc1cc(C(=O)OC)c(C)o1.I. The molecule has 8 heteroatoms. The molecular formula is C16H22IN3O3S. The Morgan fingerprint density at radius 3 is 2.83 bits per heavy atom. The van der Waals surface area contributed by atoms with Gasteiger partial charge in [-0.25, -0.2) is 4.79 Å². The standard InChI is InChI=1S/C16H21N3O3S.HI/c1-11-14(15(20)21-3)9-12(22-11)10-19-16(17-2)18-7-6-13-5-4-8-23-13;/h4-5,8-9H,6-7,10H2,1-3H3,(H2,17,18,19);1H. The van der Waals surface area contributed by atoms with E-state index in [-0.39, 0.29) is 24.0 Å². The fraction of sp³-hybridized carbons (Fsp3) is 0.375. The zero-order chi connectivity index (χ0) is 16.7. The molecule has 0 radical (unpaired) electrons. The third kappa shape index (κ3) is 5.82. The van der Waals surface area contributed by atoms with Crippen molar-refractivity contribution >= 4 is 47.2 Å². The molecule has 0 saturated heterocycles. The minimum Gasteiger partial charge on any atom is -0.465 e. The molecule has 0 fully saturated rings. The Kier molecular flexibility index (Phi) is 8.83. The molecule has 0 atom stereocenters. The zero-order valence-electron chi connectivity index (χ0n) is 13.9. The molecule has 0 aliphatic heterocycles. The summed E-state index contributed by atoms with van der Waals surface area (Å²) in [5, 5.41) is 8.48. The summed E-state index contributed by atoms with van der Waals surface area (Å²) in [5.74, 6) is 1.50. The maximum atomic E-state index is 11.6. The molecule has 0 bridgehead atoms. The number of aryl methyl sites for hydroxylation is 1. The first-order valence-corrected chi connectivity index (χ1v) is 8.16. The number of methoxy groups -OCH3 is 1. The van der Waals surface area contributed by atoms with E-state index < -0.39 is 5.97 Å². The van der Waals surface area contributed by atoms with Gasteiger partial charge in [0, 0.05) is 18.5 Å². The number of hydrogen-bond donors (Lipinski definition) is 2. The summed E-state index contributed by atoms with van der Waals surface area (Å²) in [4.78, 5) is 17.1. The molecule has 132 valence electrons. The average Bonchev–Trinajstić information content (AvgIpc) is 3.19. The van der Waals surface area contributed by atoms with E-state index in [2.05, 4.69) is 27.1 Å². The van der Waals surface area contributed by atoms with E-state index in [1.54, 1.807) is 31.4 Å². The predicted octanol–water partition coefficient (Wildman–Crippen LogP) is 2.96. The number of furan rings is 1. The highest BCUT2D eigenvalue weighted by Gasteiger charge is 2.15. The minimum atomic E-state index is -0.393. The van der Waals surface area contributed by atoms with Crippen molar-refractivity contribution < 1.29 is 13.9 Å². The number of carbonyl (C=O) groups excluding carboxylic acids is 1. The van der Waals surface area contributed by atoms with E-state index in [9.17, 15) is 4.79 Å². The number of rotatable bonds is 6. The van der Waals surface area contributed by atoms with Crippen molar-refractivity contribution in [1.82, 2.24) is 10.6 Å². The van der Waals surface area contributed by atoms with Gasteiger partial charge in [-0.1, -0.05) is 6.07 Å². The average molecular weight is 463 g/mol. The highest BCUT2D eigenvalue weighted by atomic mass is 127. The van der Waals surface area contributed by atoms with Crippen LogP contribution in [0.25, 0.3) is 0 Å². The van der Waals surface area contributed by atoms with Crippen LogP contribution < -0.4 is 10.6 Å². The van der Waals surface area contributed by atoms with Gasteiger partial charge in [0.15, 0.2) is 5.96 Å². The molecule has 0 aliphatic carbocycles. The fourth-order valence-corrected chi connectivity index (χ4v) is 2.80. The largest absolute Gasteiger partial charge is 0.465 e. The quantitative estimate of drug-likeness (QED) is 0.298. The minimum absolute atomic E-state index is 0. The van der Waals surface area contributed by atoms with Crippen molar-refractivity contribution in [1.29, 1.82) is 0 Å². The predicted molar refractivity (Wildman–Crippen MR) is 106 cm³/mol. The van der Waals surface area contributed by atoms with Crippen molar-refractivity contribution in [2.75, 3.05) is 20.7 Å². The van der Waals surface area contributed by atoms with Crippen LogP contribution in [0.15, 0.2) is 33.0 Å². The van der Waals surface area contributed by atoms with Gasteiger partial charge in [0.2, 0.25) is 0 Å². The van der Waals surface area contributed by atoms with Gasteiger partial charge < -0.3 is 19.8 Å². The van der Waals surface area contributed by atoms with Crippen molar-refractivity contribution in [3.05, 3.63) is 45.5 Å². The molecule has 24 heavy (non-hydrogen) atoms. The normalized spacial score (nSPS) is 10.9. The molecule has 2 N–H and O–H groups in total. The number of ether oxygens (including phenoxy) is 1. The number of nitrogens with one attached hydrogen (secondary N) is 2. The molecule has 0 aromatic carbocycles. The van der Waals surface area contributed by atoms with Gasteiger partial charge in [-0.15, -0.1) is 35.3 Å². The number of hydrogen-bond acceptors (Lipinski definition) is 5. The second-order valence-electron chi connectivity index (χ2n) is 4.86. The molecule has 2 aromatic rings. The molecular weight excluding hydrogens is 441 g/mol. The van der Waals surface area contributed by atoms with Crippen LogP contribution in [0, 0.1) is 6.92 Å². The number of guanidine groups is 1. The van der Waals surface area contributed by atoms with Gasteiger partial charge >= 0.3 is 5.97 Å². The van der Waals surface area contributed by atoms with E-state index in [0.717, 1.165) is 13.0 Å². The number of thiophene rings is 1. The molecule has 0 spiro atoms. The smallest absolute Gasteiger partial charge is 0.341 e. The highest BCUT2D eigenvalue weighted by Crippen LogP contribution is 2.15. The van der Waals surface area contributed by atoms with Crippen LogP contribution >= 0.6 is 35.3 Å². The molecule has 0 amide bonds. The zero-order valence-corrected chi connectivity index (χ0v) is 17.1. The lowest BCUT2D eigenvalue weighted by atomic mass is 10.2. The molecule has 0 saturated carbocycles. The van der Waals surface area contributed by atoms with Crippen LogP contribution in [0.3, 0.4) is 0 Å². The summed E-state index contributed by atoms with van der Waals surface area (Å²) in [6.07, 6.45) is 0.949. The van der Waals surface area contributed by atoms with Crippen LogP contribution in [-0.2, 0) is 17.7 Å². The lowest BCUT2D eigenvalue weighted by Gasteiger charge is -2.10. The first-order chi connectivity index (χ1) is 11.1. The Morgan fingerprint density at radius 2 is 2.21 bits per heavy atom. The van der Waals surface area contributed by atoms with Crippen molar-refractivity contribution in [3.8, 4) is 0 Å². The molecule has 2 aromatic heterocycles. The third-order valence-corrected chi connectivity index (χ3v) is 4.21. The van der Waals surface area contributed by atoms with E-state index in [4.69, 9.17) is 9.15 Å². The second kappa shape index (κ2) is 10.3. The maximum Gasteiger partial charge on any atom is 0.341 e. The third-order valence-electron chi connectivity index (χ3n) is 3.27. The molecule has 0 aliphatic rings. The van der Waals surface area contributed by atoms with E-state index in [1.165, 1.54) is 12.0 Å². The van der Waals surface area contributed by atoms with E-state index in [1.807, 2.05) is 6.07 Å². The summed E-state index contributed by atoms with van der Waals surface area (Å²) in [7, 11) is 3.07. The summed E-state index contributed by atoms with van der Waals surface area (Å²) < 4.78 is 10.3. The lowest BCUT2D eigenvalue weighted by Crippen LogP contribution is -2.37. The van der Waals surface area contributed by atoms with Crippen LogP contribution in [0.4, 0.5) is 0 Å². The molecule has 6 nitrogen and oxygen atoms in total. The Morgan fingerprint density at radius 1 is 1.42 bits per heavy atom. The highest BCUT2D eigenvalue weighted by molar-refractivity contribution is 14.0. The number of esters is 1. The summed E-state index contributed by atoms with van der Waals surface area (Å²) in [6.45, 7) is 2.98. The van der Waals surface area contributed by atoms with Crippen LogP contribution in [0.1, 0.15) is 26.8 Å². The second-order valence-corrected chi connectivity index (χ2v) is 5.89. The Bertz CT molecular complexity index is 668. The van der Waals surface area contributed by atoms with Gasteiger partial charge in [0.05, 0.1) is 13.7 Å². The summed E-state index contributed by atoms with van der Waals surface area (Å²) in [6, 6.07) is 5.85. The van der Waals surface area contributed by atoms with Crippen LogP contribution in [0.5, 0.6) is 0 Å². The monoisotopic (exact) mass is 463 g/mol. The van der Waals surface area contributed by atoms with Gasteiger partial charge in [-0.3, -0.25) is 4.99 Å². The molecule has 0 unspecified atom stereocenters. The number of halogens is 1.